The zero-order chi connectivity index (χ0) is 29.5. The van der Waals surface area contributed by atoms with Crippen molar-refractivity contribution in [2.24, 2.45) is 5.92 Å². The Labute approximate surface area is 258 Å². The van der Waals surface area contributed by atoms with Crippen LogP contribution in [0.3, 0.4) is 0 Å². The van der Waals surface area contributed by atoms with Gasteiger partial charge in [0.1, 0.15) is 0 Å². The van der Waals surface area contributed by atoms with E-state index in [0.717, 1.165) is 44.7 Å². The van der Waals surface area contributed by atoms with E-state index in [1.807, 2.05) is 6.07 Å². The van der Waals surface area contributed by atoms with Gasteiger partial charge in [-0.15, -0.1) is 0 Å². The van der Waals surface area contributed by atoms with E-state index in [4.69, 9.17) is 0 Å². The van der Waals surface area contributed by atoms with Crippen molar-refractivity contribution in [2.45, 2.75) is 12.8 Å². The number of hydrogen-bond acceptors (Lipinski definition) is 2. The first-order valence-electron chi connectivity index (χ1n) is 15.4. The molecule has 2 aliphatic rings. The Balaban J connectivity index is 1.34. The minimum absolute atomic E-state index is 0.507. The highest BCUT2D eigenvalue weighted by Crippen LogP contribution is 2.42. The van der Waals surface area contributed by atoms with Crippen LogP contribution in [-0.2, 0) is 0 Å². The van der Waals surface area contributed by atoms with Crippen molar-refractivity contribution in [1.82, 2.24) is 5.32 Å². The minimum atomic E-state index is 0.507. The van der Waals surface area contributed by atoms with E-state index in [1.165, 1.54) is 40.4 Å². The number of allylic oxidation sites excluding steroid dienone is 2. The Morgan fingerprint density at radius 1 is 0.568 bits per heavy atom. The molecule has 0 unspecified atom stereocenters. The predicted octanol–water partition coefficient (Wildman–Crippen LogP) is 10.5. The fourth-order valence-electron chi connectivity index (χ4n) is 6.44. The molecule has 2 N–H and O–H groups in total. The van der Waals surface area contributed by atoms with Crippen molar-refractivity contribution in [3.63, 3.8) is 0 Å². The highest BCUT2D eigenvalue weighted by molar-refractivity contribution is 6.36. The van der Waals surface area contributed by atoms with Crippen LogP contribution in [0, 0.1) is 11.3 Å². The van der Waals surface area contributed by atoms with Crippen molar-refractivity contribution >= 4 is 33.8 Å². The van der Waals surface area contributed by atoms with Gasteiger partial charge in [-0.25, -0.2) is 0 Å². The zero-order valence-electron chi connectivity index (χ0n) is 24.4. The number of nitrogens with one attached hydrogen (secondary N) is 2. The summed E-state index contributed by atoms with van der Waals surface area (Å²) < 4.78 is 0. The number of benzene rings is 6. The van der Waals surface area contributed by atoms with Gasteiger partial charge in [0.2, 0.25) is 0 Å². The van der Waals surface area contributed by atoms with Crippen LogP contribution in [0.1, 0.15) is 35.1 Å². The van der Waals surface area contributed by atoms with E-state index >= 15 is 0 Å². The molecule has 1 aliphatic carbocycles. The Hall–Kier alpha value is -5.47. The number of fused-ring (bicyclic) bond motifs is 2. The number of rotatable bonds is 6. The highest BCUT2D eigenvalue weighted by atomic mass is 14.9. The second-order valence-corrected chi connectivity index (χ2v) is 11.8. The first kappa shape index (κ1) is 26.2. The third kappa shape index (κ3) is 4.85. The summed E-state index contributed by atoms with van der Waals surface area (Å²) in [6, 6.07) is 51.2. The van der Waals surface area contributed by atoms with Gasteiger partial charge in [-0.05, 0) is 81.1 Å². The van der Waals surface area contributed by atoms with Gasteiger partial charge in [0.05, 0.1) is 11.4 Å². The predicted molar refractivity (Wildman–Crippen MR) is 185 cm³/mol. The van der Waals surface area contributed by atoms with E-state index in [0.29, 0.717) is 11.6 Å². The van der Waals surface area contributed by atoms with Gasteiger partial charge < -0.3 is 5.32 Å². The molecule has 0 amide bonds. The second kappa shape index (κ2) is 11.0. The Kier molecular flexibility index (Phi) is 6.53. The van der Waals surface area contributed by atoms with E-state index in [9.17, 15) is 5.41 Å². The van der Waals surface area contributed by atoms with Crippen LogP contribution in [0.15, 0.2) is 151 Å². The minimum Gasteiger partial charge on any atom is -0.358 e. The molecule has 210 valence electrons. The molecule has 44 heavy (non-hydrogen) atoms. The molecule has 6 aromatic rings. The summed E-state index contributed by atoms with van der Waals surface area (Å²) in [6.45, 7) is 0. The monoisotopic (exact) mass is 564 g/mol. The highest BCUT2D eigenvalue weighted by Gasteiger charge is 2.31. The van der Waals surface area contributed by atoms with Crippen molar-refractivity contribution in [2.75, 3.05) is 0 Å². The zero-order valence-corrected chi connectivity index (χ0v) is 24.4. The third-order valence-corrected chi connectivity index (χ3v) is 8.84. The maximum absolute atomic E-state index is 9.84. The molecule has 1 saturated carbocycles. The average molecular weight is 565 g/mol. The molecule has 0 atom stereocenters. The van der Waals surface area contributed by atoms with Gasteiger partial charge >= 0.3 is 0 Å². The smallest absolute Gasteiger partial charge is 0.0711 e. The van der Waals surface area contributed by atoms with Crippen LogP contribution in [-0.4, -0.2) is 5.71 Å². The quantitative estimate of drug-likeness (QED) is 0.194. The maximum atomic E-state index is 9.84. The fourth-order valence-corrected chi connectivity index (χ4v) is 6.44. The van der Waals surface area contributed by atoms with Gasteiger partial charge in [-0.3, -0.25) is 5.41 Å². The molecule has 0 spiro atoms. The first-order chi connectivity index (χ1) is 21.7. The number of hydrogen-bond donors (Lipinski definition) is 2. The van der Waals surface area contributed by atoms with Crippen molar-refractivity contribution in [3.8, 4) is 22.3 Å². The van der Waals surface area contributed by atoms with Gasteiger partial charge in [0, 0.05) is 22.4 Å². The summed E-state index contributed by atoms with van der Waals surface area (Å²) >= 11 is 0. The van der Waals surface area contributed by atoms with Crippen molar-refractivity contribution in [3.05, 3.63) is 174 Å². The van der Waals surface area contributed by atoms with Crippen LogP contribution in [0.25, 0.3) is 50.4 Å². The molecule has 1 fully saturated rings. The average Bonchev–Trinajstić information content (AvgIpc) is 3.95. The molecular weight excluding hydrogens is 532 g/mol. The molecule has 6 aromatic carbocycles. The summed E-state index contributed by atoms with van der Waals surface area (Å²) in [5.41, 5.74) is 12.5. The fraction of sp³-hybridized carbons (Fsp3) is 0.0714. The van der Waals surface area contributed by atoms with Crippen LogP contribution < -0.4 is 5.32 Å². The van der Waals surface area contributed by atoms with Crippen LogP contribution in [0.5, 0.6) is 0 Å². The standard InChI is InChI=1S/C42H32N2/c43-41(35-19-8-16-31(25-35)28-11-2-1-3-12-28)40(42-38-21-7-5-14-33(38)27-39(44-42)30-23-24-30)34-18-9-17-32(26-34)37-22-10-15-29-13-4-6-20-36(29)37/h1-22,25-27,30,43-44H,23-24H2/b42-40-,43-41?. The normalized spacial score (nSPS) is 15.2. The maximum Gasteiger partial charge on any atom is 0.0711 e. The molecule has 1 aliphatic heterocycles. The largest absolute Gasteiger partial charge is 0.358 e. The van der Waals surface area contributed by atoms with Crippen molar-refractivity contribution < 1.29 is 0 Å². The Bertz CT molecular complexity index is 2110. The third-order valence-electron chi connectivity index (χ3n) is 8.84. The molecule has 1 heterocycles. The molecular formula is C42H32N2. The van der Waals surface area contributed by atoms with Crippen molar-refractivity contribution in [1.29, 1.82) is 5.41 Å². The lowest BCUT2D eigenvalue weighted by Gasteiger charge is -2.26. The van der Waals surface area contributed by atoms with Gasteiger partial charge in [-0.1, -0.05) is 133 Å². The van der Waals surface area contributed by atoms with E-state index in [2.05, 4.69) is 151 Å². The van der Waals surface area contributed by atoms with Crippen LogP contribution in [0.2, 0.25) is 0 Å². The van der Waals surface area contributed by atoms with E-state index in [1.54, 1.807) is 0 Å². The Morgan fingerprint density at radius 3 is 2.07 bits per heavy atom. The van der Waals surface area contributed by atoms with Gasteiger partial charge in [-0.2, -0.15) is 0 Å². The summed E-state index contributed by atoms with van der Waals surface area (Å²) in [4.78, 5) is 0. The lowest BCUT2D eigenvalue weighted by atomic mass is 9.86. The molecule has 0 saturated heterocycles. The van der Waals surface area contributed by atoms with Gasteiger partial charge in [0.25, 0.3) is 0 Å². The summed E-state index contributed by atoms with van der Waals surface area (Å²) in [7, 11) is 0. The van der Waals surface area contributed by atoms with Crippen LogP contribution in [0.4, 0.5) is 0 Å². The van der Waals surface area contributed by atoms with Crippen LogP contribution >= 0.6 is 0 Å². The van der Waals surface area contributed by atoms with E-state index < -0.39 is 0 Å². The lowest BCUT2D eigenvalue weighted by molar-refractivity contribution is 0.898. The summed E-state index contributed by atoms with van der Waals surface area (Å²) in [5, 5.41) is 16.1. The molecule has 0 aromatic heterocycles. The molecule has 0 radical (unpaired) electrons. The first-order valence-corrected chi connectivity index (χ1v) is 15.4. The Morgan fingerprint density at radius 2 is 1.20 bits per heavy atom. The molecule has 2 nitrogen and oxygen atoms in total. The molecule has 0 bridgehead atoms. The lowest BCUT2D eigenvalue weighted by Crippen LogP contribution is -2.22. The van der Waals surface area contributed by atoms with Gasteiger partial charge in [0.15, 0.2) is 0 Å². The SMILES string of the molecule is N=C(/C(=C1\NC(C2CC2)=Cc2ccccc21)c1cccc(-c2cccc3ccccc23)c1)c1cccc(-c2ccccc2)c1. The van der Waals surface area contributed by atoms with E-state index in [-0.39, 0.29) is 0 Å². The summed E-state index contributed by atoms with van der Waals surface area (Å²) in [5.74, 6) is 0.553. The topological polar surface area (TPSA) is 35.9 Å². The second-order valence-electron chi connectivity index (χ2n) is 11.8. The molecule has 2 heteroatoms. The summed E-state index contributed by atoms with van der Waals surface area (Å²) in [6.07, 6.45) is 4.72. The molecule has 8 rings (SSSR count).